The van der Waals surface area contributed by atoms with E-state index >= 15 is 0 Å². The number of aryl methyl sites for hydroxylation is 1. The molecule has 1 aliphatic heterocycles. The molecule has 3 heterocycles. The lowest BCUT2D eigenvalue weighted by Crippen LogP contribution is -2.49. The van der Waals surface area contributed by atoms with Gasteiger partial charge in [-0.2, -0.15) is 0 Å². The second-order valence-electron chi connectivity index (χ2n) is 9.45. The topological polar surface area (TPSA) is 88.3 Å². The standard InChI is InChI=1S/C26H28N4O3/c1-26(25(33)30-11-6-17(16-31)7-12-30)9-5-21-22(14-26)28-23(15-27-21)19-3-4-20-18(13-19)8-10-29(2)24(20)32/h3-5,8,10,13-15,17,31H,6-7,9,11-12,16H2,1-2H3. The lowest BCUT2D eigenvalue weighted by Gasteiger charge is -2.37. The molecule has 0 saturated carbocycles. The lowest BCUT2D eigenvalue weighted by molar-refractivity contribution is -0.139. The fourth-order valence-corrected chi connectivity index (χ4v) is 4.82. The van der Waals surface area contributed by atoms with Crippen molar-refractivity contribution in [2.75, 3.05) is 19.7 Å². The lowest BCUT2D eigenvalue weighted by atomic mass is 9.81. The van der Waals surface area contributed by atoms with Gasteiger partial charge in [0.05, 0.1) is 28.0 Å². The zero-order chi connectivity index (χ0) is 23.2. The van der Waals surface area contributed by atoms with Crippen LogP contribution in [0.4, 0.5) is 0 Å². The van der Waals surface area contributed by atoms with E-state index in [4.69, 9.17) is 4.98 Å². The average Bonchev–Trinajstić information content (AvgIpc) is 2.85. The largest absolute Gasteiger partial charge is 0.396 e. The molecule has 1 fully saturated rings. The van der Waals surface area contributed by atoms with Crippen LogP contribution in [0.25, 0.3) is 34.2 Å². The molecule has 0 bridgehead atoms. The Kier molecular flexibility index (Phi) is 5.37. The fourth-order valence-electron chi connectivity index (χ4n) is 4.82. The predicted octanol–water partition coefficient (Wildman–Crippen LogP) is 1.20. The smallest absolute Gasteiger partial charge is 0.258 e. The van der Waals surface area contributed by atoms with Crippen molar-refractivity contribution in [2.45, 2.75) is 26.2 Å². The number of aliphatic hydroxyl groups excluding tert-OH is 1. The third kappa shape index (κ3) is 3.86. The van der Waals surface area contributed by atoms with E-state index in [0.29, 0.717) is 41.9 Å². The van der Waals surface area contributed by atoms with E-state index in [2.05, 4.69) is 4.98 Å². The Morgan fingerprint density at radius 3 is 2.76 bits per heavy atom. The quantitative estimate of drug-likeness (QED) is 0.656. The molecule has 1 saturated heterocycles. The Balaban J connectivity index is 1.49. The molecule has 5 rings (SSSR count). The van der Waals surface area contributed by atoms with Crippen LogP contribution in [0.2, 0.25) is 0 Å². The van der Waals surface area contributed by atoms with Gasteiger partial charge in [0, 0.05) is 43.9 Å². The predicted molar refractivity (Wildman–Crippen MR) is 128 cm³/mol. The van der Waals surface area contributed by atoms with Crippen molar-refractivity contribution in [2.24, 2.45) is 18.4 Å². The summed E-state index contributed by atoms with van der Waals surface area (Å²) in [6.45, 7) is 3.52. The van der Waals surface area contributed by atoms with Crippen LogP contribution >= 0.6 is 0 Å². The third-order valence-corrected chi connectivity index (χ3v) is 7.03. The number of nitrogens with zero attached hydrogens (tertiary/aromatic N) is 4. The number of amides is 1. The molecule has 3 aromatic rings. The number of carbonyl (C=O) groups is 1. The van der Waals surface area contributed by atoms with Crippen LogP contribution in [0.15, 0.2) is 41.5 Å². The minimum atomic E-state index is -0.665. The van der Waals surface area contributed by atoms with Crippen molar-refractivity contribution in [3.63, 3.8) is 0 Å². The molecule has 1 aliphatic carbocycles. The van der Waals surface area contributed by atoms with Crippen LogP contribution in [-0.2, 0) is 11.8 Å². The van der Waals surface area contributed by atoms with Gasteiger partial charge < -0.3 is 14.6 Å². The van der Waals surface area contributed by atoms with Crippen molar-refractivity contribution < 1.29 is 9.90 Å². The van der Waals surface area contributed by atoms with Gasteiger partial charge in [0.2, 0.25) is 5.91 Å². The Labute approximate surface area is 191 Å². The van der Waals surface area contributed by atoms with Gasteiger partial charge in [-0.15, -0.1) is 0 Å². The van der Waals surface area contributed by atoms with E-state index in [1.807, 2.05) is 48.2 Å². The van der Waals surface area contributed by atoms with Crippen molar-refractivity contribution in [1.29, 1.82) is 0 Å². The summed E-state index contributed by atoms with van der Waals surface area (Å²) in [6.07, 6.45) is 9.73. The number of aromatic nitrogens is 3. The first-order valence-electron chi connectivity index (χ1n) is 11.4. The molecule has 1 atom stereocenters. The fraction of sp³-hybridized carbons (Fsp3) is 0.385. The molecule has 1 unspecified atom stereocenters. The summed E-state index contributed by atoms with van der Waals surface area (Å²) in [6, 6.07) is 7.59. The molecular formula is C26H28N4O3. The molecule has 7 nitrogen and oxygen atoms in total. The zero-order valence-corrected chi connectivity index (χ0v) is 19.0. The number of hydrogen-bond acceptors (Lipinski definition) is 5. The van der Waals surface area contributed by atoms with E-state index in [9.17, 15) is 14.7 Å². The number of aliphatic hydroxyl groups is 1. The average molecular weight is 445 g/mol. The van der Waals surface area contributed by atoms with Gasteiger partial charge >= 0.3 is 0 Å². The van der Waals surface area contributed by atoms with E-state index in [1.54, 1.807) is 24.0 Å². The minimum Gasteiger partial charge on any atom is -0.396 e. The van der Waals surface area contributed by atoms with Crippen LogP contribution in [0.1, 0.15) is 26.2 Å². The Bertz CT molecular complexity index is 1420. The van der Waals surface area contributed by atoms with Crippen LogP contribution in [0.3, 0.4) is 0 Å². The summed E-state index contributed by atoms with van der Waals surface area (Å²) in [7, 11) is 1.74. The maximum atomic E-state index is 13.4. The molecular weight excluding hydrogens is 416 g/mol. The van der Waals surface area contributed by atoms with Gasteiger partial charge in [-0.3, -0.25) is 14.6 Å². The number of carbonyl (C=O) groups excluding carboxylic acids is 1. The van der Waals surface area contributed by atoms with E-state index in [0.717, 1.165) is 29.1 Å². The molecule has 0 radical (unpaired) electrons. The highest BCUT2D eigenvalue weighted by Crippen LogP contribution is 2.30. The van der Waals surface area contributed by atoms with Gasteiger partial charge in [-0.25, -0.2) is 4.98 Å². The van der Waals surface area contributed by atoms with Crippen LogP contribution in [0.5, 0.6) is 0 Å². The SMILES string of the molecule is Cn1ccc2cc(-c3cnc4c(n3)=CC(C)(C(=O)N3CCC(CO)CC3)CC=4)ccc2c1=O. The first-order valence-corrected chi connectivity index (χ1v) is 11.4. The Morgan fingerprint density at radius 2 is 2.00 bits per heavy atom. The molecule has 1 amide bonds. The molecule has 1 aromatic carbocycles. The minimum absolute atomic E-state index is 0.0317. The molecule has 0 spiro atoms. The van der Waals surface area contributed by atoms with E-state index < -0.39 is 5.41 Å². The molecule has 1 N–H and O–H groups in total. The van der Waals surface area contributed by atoms with Crippen molar-refractivity contribution in [1.82, 2.24) is 19.4 Å². The summed E-state index contributed by atoms with van der Waals surface area (Å²) in [5.74, 6) is 0.398. The Morgan fingerprint density at radius 1 is 1.21 bits per heavy atom. The number of hydrogen-bond donors (Lipinski definition) is 1. The van der Waals surface area contributed by atoms with Crippen molar-refractivity contribution >= 4 is 28.8 Å². The van der Waals surface area contributed by atoms with Gasteiger partial charge in [-0.05, 0) is 61.8 Å². The summed E-state index contributed by atoms with van der Waals surface area (Å²) in [5.41, 5.74) is 0.892. The number of likely N-dealkylation sites (tertiary alicyclic amines) is 1. The second-order valence-corrected chi connectivity index (χ2v) is 9.45. The normalized spacial score (nSPS) is 20.8. The summed E-state index contributed by atoms with van der Waals surface area (Å²) < 4.78 is 1.57. The first-order chi connectivity index (χ1) is 15.9. The molecule has 2 aliphatic rings. The van der Waals surface area contributed by atoms with Crippen molar-refractivity contribution in [3.05, 3.63) is 57.7 Å². The molecule has 2 aromatic heterocycles. The van der Waals surface area contributed by atoms with Gasteiger partial charge in [0.1, 0.15) is 0 Å². The maximum Gasteiger partial charge on any atom is 0.258 e. The van der Waals surface area contributed by atoms with Crippen LogP contribution in [-0.4, -0.2) is 50.1 Å². The maximum absolute atomic E-state index is 13.4. The zero-order valence-electron chi connectivity index (χ0n) is 19.0. The van der Waals surface area contributed by atoms with E-state index in [-0.39, 0.29) is 18.1 Å². The Hall–Kier alpha value is -3.32. The number of pyridine rings is 1. The number of fused-ring (bicyclic) bond motifs is 2. The molecule has 33 heavy (non-hydrogen) atoms. The van der Waals surface area contributed by atoms with E-state index in [1.165, 1.54) is 0 Å². The molecule has 7 heteroatoms. The van der Waals surface area contributed by atoms with Gasteiger partial charge in [-0.1, -0.05) is 12.1 Å². The second kappa shape index (κ2) is 8.23. The van der Waals surface area contributed by atoms with Crippen molar-refractivity contribution in [3.8, 4) is 11.3 Å². The highest BCUT2D eigenvalue weighted by molar-refractivity contribution is 5.90. The summed E-state index contributed by atoms with van der Waals surface area (Å²) in [4.78, 5) is 37.1. The first kappa shape index (κ1) is 21.5. The monoisotopic (exact) mass is 444 g/mol. The van der Waals surface area contributed by atoms with Gasteiger partial charge in [0.25, 0.3) is 5.56 Å². The van der Waals surface area contributed by atoms with Crippen LogP contribution < -0.4 is 16.3 Å². The number of benzene rings is 1. The highest BCUT2D eigenvalue weighted by Gasteiger charge is 2.36. The molecule has 170 valence electrons. The number of rotatable bonds is 3. The van der Waals surface area contributed by atoms with Crippen LogP contribution in [0, 0.1) is 11.3 Å². The summed E-state index contributed by atoms with van der Waals surface area (Å²) >= 11 is 0. The number of piperidine rings is 1. The third-order valence-electron chi connectivity index (χ3n) is 7.03. The van der Waals surface area contributed by atoms with Gasteiger partial charge in [0.15, 0.2) is 0 Å². The summed E-state index contributed by atoms with van der Waals surface area (Å²) in [5, 5.41) is 12.4. The highest BCUT2D eigenvalue weighted by atomic mass is 16.3.